The average Bonchev–Trinajstić information content (AvgIpc) is 2.99. The van der Waals surface area contributed by atoms with Gasteiger partial charge in [-0.25, -0.2) is 4.79 Å². The smallest absolute Gasteiger partial charge is 0.335 e. The van der Waals surface area contributed by atoms with Crippen molar-refractivity contribution in [2.45, 2.75) is 12.1 Å². The molecular formula is C17H20N2O4. The molecule has 0 aliphatic carbocycles. The number of amides is 1. The fourth-order valence-corrected chi connectivity index (χ4v) is 3.05. The van der Waals surface area contributed by atoms with E-state index in [9.17, 15) is 9.59 Å². The number of aromatic carboxylic acids is 1. The van der Waals surface area contributed by atoms with Crippen LogP contribution in [-0.4, -0.2) is 72.2 Å². The summed E-state index contributed by atoms with van der Waals surface area (Å²) in [5, 5.41) is 8.87. The van der Waals surface area contributed by atoms with Gasteiger partial charge in [-0.3, -0.25) is 9.69 Å². The number of carboxylic acid groups (broad SMARTS) is 1. The first-order valence-corrected chi connectivity index (χ1v) is 7.67. The highest BCUT2D eigenvalue weighted by atomic mass is 16.5. The molecule has 2 heterocycles. The third kappa shape index (κ3) is 3.43. The average molecular weight is 316 g/mol. The Labute approximate surface area is 134 Å². The van der Waals surface area contributed by atoms with Gasteiger partial charge in [-0.2, -0.15) is 0 Å². The third-order valence-corrected chi connectivity index (χ3v) is 4.47. The van der Waals surface area contributed by atoms with Crippen molar-refractivity contribution in [2.75, 3.05) is 33.3 Å². The van der Waals surface area contributed by atoms with Crippen LogP contribution in [0.15, 0.2) is 30.3 Å². The molecule has 2 aliphatic heterocycles. The van der Waals surface area contributed by atoms with Gasteiger partial charge < -0.3 is 14.7 Å². The zero-order valence-corrected chi connectivity index (χ0v) is 13.0. The molecule has 2 saturated heterocycles. The first kappa shape index (κ1) is 15.7. The normalized spacial score (nSPS) is 24.8. The summed E-state index contributed by atoms with van der Waals surface area (Å²) in [6.07, 6.45) is 3.34. The molecule has 0 bridgehead atoms. The third-order valence-electron chi connectivity index (χ3n) is 4.47. The molecule has 0 radical (unpaired) electrons. The largest absolute Gasteiger partial charge is 0.478 e. The highest BCUT2D eigenvalue weighted by molar-refractivity contribution is 5.92. The second kappa shape index (κ2) is 6.52. The Kier molecular flexibility index (Phi) is 4.45. The number of hydrogen-bond donors (Lipinski definition) is 1. The molecule has 3 rings (SSSR count). The van der Waals surface area contributed by atoms with Crippen LogP contribution >= 0.6 is 0 Å². The lowest BCUT2D eigenvalue weighted by atomic mass is 10.1. The van der Waals surface area contributed by atoms with Gasteiger partial charge in [0.1, 0.15) is 0 Å². The maximum absolute atomic E-state index is 12.3. The summed E-state index contributed by atoms with van der Waals surface area (Å²) in [5.41, 5.74) is 1.03. The van der Waals surface area contributed by atoms with Crippen LogP contribution in [0.3, 0.4) is 0 Å². The predicted molar refractivity (Wildman–Crippen MR) is 85.2 cm³/mol. The van der Waals surface area contributed by atoms with Gasteiger partial charge in [0.05, 0.1) is 24.3 Å². The van der Waals surface area contributed by atoms with Gasteiger partial charge >= 0.3 is 5.97 Å². The molecule has 0 spiro atoms. The Morgan fingerprint density at radius 3 is 2.65 bits per heavy atom. The van der Waals surface area contributed by atoms with Gasteiger partial charge in [-0.05, 0) is 30.8 Å². The zero-order chi connectivity index (χ0) is 16.4. The molecule has 2 fully saturated rings. The maximum Gasteiger partial charge on any atom is 0.335 e. The Morgan fingerprint density at radius 2 is 2.00 bits per heavy atom. The molecule has 2 aliphatic rings. The van der Waals surface area contributed by atoms with Gasteiger partial charge in [0, 0.05) is 25.7 Å². The molecular weight excluding hydrogens is 296 g/mol. The molecule has 0 unspecified atom stereocenters. The van der Waals surface area contributed by atoms with E-state index in [4.69, 9.17) is 9.84 Å². The number of nitrogens with zero attached hydrogens (tertiary/aromatic N) is 2. The molecule has 1 N–H and O–H groups in total. The summed E-state index contributed by atoms with van der Waals surface area (Å²) in [6.45, 7) is 2.92. The molecule has 2 atom stereocenters. The highest BCUT2D eigenvalue weighted by Crippen LogP contribution is 2.22. The molecule has 23 heavy (non-hydrogen) atoms. The van der Waals surface area contributed by atoms with Crippen LogP contribution in [-0.2, 0) is 9.53 Å². The minimum atomic E-state index is -0.958. The molecule has 1 aromatic rings. The van der Waals surface area contributed by atoms with E-state index < -0.39 is 5.97 Å². The van der Waals surface area contributed by atoms with Crippen LogP contribution in [0.5, 0.6) is 0 Å². The summed E-state index contributed by atoms with van der Waals surface area (Å²) >= 11 is 0. The molecule has 0 aromatic heterocycles. The van der Waals surface area contributed by atoms with Gasteiger partial charge in [0.15, 0.2) is 0 Å². The van der Waals surface area contributed by atoms with E-state index in [-0.39, 0.29) is 23.6 Å². The fraction of sp³-hybridized carbons (Fsp3) is 0.412. The lowest BCUT2D eigenvalue weighted by molar-refractivity contribution is -0.125. The fourth-order valence-electron chi connectivity index (χ4n) is 3.05. The van der Waals surface area contributed by atoms with Crippen molar-refractivity contribution >= 4 is 18.0 Å². The van der Waals surface area contributed by atoms with Crippen molar-refractivity contribution in [3.8, 4) is 0 Å². The van der Waals surface area contributed by atoms with Crippen LogP contribution in [0.2, 0.25) is 0 Å². The monoisotopic (exact) mass is 316 g/mol. The van der Waals surface area contributed by atoms with Crippen molar-refractivity contribution < 1.29 is 19.4 Å². The van der Waals surface area contributed by atoms with Crippen LogP contribution in [0.1, 0.15) is 15.9 Å². The van der Waals surface area contributed by atoms with Crippen molar-refractivity contribution in [2.24, 2.45) is 0 Å². The van der Waals surface area contributed by atoms with E-state index in [0.717, 1.165) is 12.1 Å². The minimum Gasteiger partial charge on any atom is -0.478 e. The van der Waals surface area contributed by atoms with E-state index in [1.165, 1.54) is 18.2 Å². The first-order chi connectivity index (χ1) is 11.0. The number of fused-ring (bicyclic) bond motifs is 1. The summed E-state index contributed by atoms with van der Waals surface area (Å²) < 4.78 is 5.74. The zero-order valence-electron chi connectivity index (χ0n) is 13.0. The van der Waals surface area contributed by atoms with Crippen LogP contribution in [0, 0.1) is 0 Å². The summed E-state index contributed by atoms with van der Waals surface area (Å²) in [6, 6.07) is 6.71. The Balaban J connectivity index is 1.61. The second-order valence-electron chi connectivity index (χ2n) is 5.96. The Morgan fingerprint density at radius 1 is 1.26 bits per heavy atom. The molecule has 6 heteroatoms. The summed E-state index contributed by atoms with van der Waals surface area (Å²) in [7, 11) is 2.06. The lowest BCUT2D eigenvalue weighted by Gasteiger charge is -2.33. The van der Waals surface area contributed by atoms with E-state index in [1.54, 1.807) is 23.1 Å². The van der Waals surface area contributed by atoms with Crippen LogP contribution in [0.25, 0.3) is 6.08 Å². The highest BCUT2D eigenvalue weighted by Gasteiger charge is 2.39. The number of likely N-dealkylation sites (tertiary alicyclic amines) is 1. The number of likely N-dealkylation sites (N-methyl/N-ethyl adjacent to an activating group) is 1. The first-order valence-electron chi connectivity index (χ1n) is 7.67. The van der Waals surface area contributed by atoms with E-state index >= 15 is 0 Å². The van der Waals surface area contributed by atoms with Gasteiger partial charge in [-0.15, -0.1) is 0 Å². The number of ether oxygens (including phenoxy) is 1. The van der Waals surface area contributed by atoms with E-state index in [0.29, 0.717) is 19.7 Å². The number of carbonyl (C=O) groups excluding carboxylic acids is 1. The Bertz CT molecular complexity index is 626. The standard InChI is InChI=1S/C17H20N2O4/c1-18-8-9-23-15-11-19(10-14(15)18)16(20)7-4-12-2-5-13(6-3-12)17(21)22/h2-7,14-15H,8-11H2,1H3,(H,21,22)/b7-4+/t14-,15+/m0/s1. The van der Waals surface area contributed by atoms with Crippen molar-refractivity contribution in [1.82, 2.24) is 9.80 Å². The van der Waals surface area contributed by atoms with Crippen molar-refractivity contribution in [3.05, 3.63) is 41.5 Å². The summed E-state index contributed by atoms with van der Waals surface area (Å²) in [4.78, 5) is 27.2. The number of carbonyl (C=O) groups is 2. The molecule has 122 valence electrons. The number of carboxylic acids is 1. The molecule has 1 aromatic carbocycles. The van der Waals surface area contributed by atoms with Crippen LogP contribution < -0.4 is 0 Å². The van der Waals surface area contributed by atoms with Gasteiger partial charge in [0.2, 0.25) is 5.91 Å². The SMILES string of the molecule is CN1CCO[C@@H]2CN(C(=O)/C=C/c3ccc(C(=O)O)cc3)C[C@@H]21. The number of benzene rings is 1. The van der Waals surface area contributed by atoms with E-state index in [2.05, 4.69) is 11.9 Å². The maximum atomic E-state index is 12.3. The summed E-state index contributed by atoms with van der Waals surface area (Å²) in [5.74, 6) is -1.00. The van der Waals surface area contributed by atoms with Crippen molar-refractivity contribution in [3.63, 3.8) is 0 Å². The quantitative estimate of drug-likeness (QED) is 0.841. The number of hydrogen-bond acceptors (Lipinski definition) is 4. The predicted octanol–water partition coefficient (Wildman–Crippen LogP) is 0.939. The Hall–Kier alpha value is -2.18. The molecule has 1 amide bonds. The lowest BCUT2D eigenvalue weighted by Crippen LogP contribution is -2.48. The van der Waals surface area contributed by atoms with Crippen LogP contribution in [0.4, 0.5) is 0 Å². The van der Waals surface area contributed by atoms with Crippen molar-refractivity contribution in [1.29, 1.82) is 0 Å². The second-order valence-corrected chi connectivity index (χ2v) is 5.96. The number of morpholine rings is 1. The topological polar surface area (TPSA) is 70.1 Å². The van der Waals surface area contributed by atoms with Gasteiger partial charge in [-0.1, -0.05) is 12.1 Å². The molecule has 6 nitrogen and oxygen atoms in total. The minimum absolute atomic E-state index is 0.0429. The molecule has 0 saturated carbocycles. The van der Waals surface area contributed by atoms with E-state index in [1.807, 2.05) is 0 Å². The van der Waals surface area contributed by atoms with Gasteiger partial charge in [0.25, 0.3) is 0 Å². The number of rotatable bonds is 3.